The zero-order chi connectivity index (χ0) is 15.8. The summed E-state index contributed by atoms with van der Waals surface area (Å²) in [4.78, 5) is 21.2. The van der Waals surface area contributed by atoms with Crippen LogP contribution in [0.5, 0.6) is 5.75 Å². The van der Waals surface area contributed by atoms with Gasteiger partial charge >= 0.3 is 0 Å². The minimum absolute atomic E-state index is 0.0852. The Bertz CT molecular complexity index is 720. The number of para-hydroxylation sites is 1. The molecule has 2 fully saturated rings. The summed E-state index contributed by atoms with van der Waals surface area (Å²) in [5, 5.41) is 0.968. The number of carbonyl (C=O) groups is 1. The van der Waals surface area contributed by atoms with Crippen molar-refractivity contribution in [2.45, 2.75) is 0 Å². The Morgan fingerprint density at radius 2 is 2.13 bits per heavy atom. The van der Waals surface area contributed by atoms with Gasteiger partial charge in [-0.2, -0.15) is 0 Å². The molecule has 23 heavy (non-hydrogen) atoms. The average molecular weight is 333 g/mol. The Morgan fingerprint density at radius 1 is 1.35 bits per heavy atom. The molecule has 0 saturated carbocycles. The lowest BCUT2D eigenvalue weighted by atomic mass is 9.99. The number of aromatic nitrogens is 1. The van der Waals surface area contributed by atoms with E-state index in [1.165, 1.54) is 0 Å². The Hall–Kier alpha value is -1.86. The second-order valence-corrected chi connectivity index (χ2v) is 6.85. The van der Waals surface area contributed by atoms with Crippen LogP contribution in [-0.4, -0.2) is 62.3 Å². The maximum atomic E-state index is 12.4. The van der Waals surface area contributed by atoms with Crippen molar-refractivity contribution in [3.05, 3.63) is 18.2 Å². The van der Waals surface area contributed by atoms with E-state index in [1.807, 2.05) is 17.0 Å². The summed E-state index contributed by atoms with van der Waals surface area (Å²) in [6.45, 7) is 4.23. The number of carbonyl (C=O) groups excluding carboxylic acids is 1. The van der Waals surface area contributed by atoms with E-state index in [9.17, 15) is 4.79 Å². The van der Waals surface area contributed by atoms with Crippen LogP contribution in [0.15, 0.2) is 18.2 Å². The molecular weight excluding hydrogens is 314 g/mol. The number of rotatable bonds is 3. The van der Waals surface area contributed by atoms with Gasteiger partial charge in [0.05, 0.1) is 30.9 Å². The van der Waals surface area contributed by atoms with Gasteiger partial charge < -0.3 is 19.3 Å². The molecule has 0 bridgehead atoms. The normalized spacial score (nSPS) is 19.0. The fraction of sp³-hybridized carbons (Fsp3) is 0.500. The Balaban J connectivity index is 1.44. The van der Waals surface area contributed by atoms with Crippen LogP contribution in [-0.2, 0) is 9.53 Å². The number of hydrogen-bond donors (Lipinski definition) is 0. The molecule has 2 aromatic rings. The van der Waals surface area contributed by atoms with Crippen molar-refractivity contribution in [3.8, 4) is 5.75 Å². The van der Waals surface area contributed by atoms with Crippen LogP contribution in [0.2, 0.25) is 0 Å². The number of thiazole rings is 1. The molecule has 1 aromatic heterocycles. The van der Waals surface area contributed by atoms with Gasteiger partial charge in [-0.15, -0.1) is 0 Å². The van der Waals surface area contributed by atoms with Crippen molar-refractivity contribution in [1.29, 1.82) is 0 Å². The van der Waals surface area contributed by atoms with Crippen molar-refractivity contribution in [2.75, 3.05) is 51.4 Å². The van der Waals surface area contributed by atoms with E-state index in [0.717, 1.165) is 34.2 Å². The van der Waals surface area contributed by atoms with Gasteiger partial charge in [0.2, 0.25) is 5.91 Å². The van der Waals surface area contributed by atoms with E-state index in [0.29, 0.717) is 26.3 Å². The first-order valence-electron chi connectivity index (χ1n) is 7.81. The van der Waals surface area contributed by atoms with E-state index in [1.54, 1.807) is 18.4 Å². The standard InChI is InChI=1S/C16H19N3O3S/c1-21-12-3-2-4-13-14(12)17-16(23-13)19-9-11(10-19)15(20)18-5-7-22-8-6-18/h2-4,11H,5-10H2,1H3. The zero-order valence-corrected chi connectivity index (χ0v) is 13.8. The number of nitrogens with zero attached hydrogens (tertiary/aromatic N) is 3. The molecule has 2 aliphatic rings. The van der Waals surface area contributed by atoms with Crippen LogP contribution < -0.4 is 9.64 Å². The highest BCUT2D eigenvalue weighted by atomic mass is 32.1. The monoisotopic (exact) mass is 333 g/mol. The summed E-state index contributed by atoms with van der Waals surface area (Å²) in [5.41, 5.74) is 0.901. The Kier molecular flexibility index (Phi) is 3.82. The van der Waals surface area contributed by atoms with Gasteiger partial charge in [0.15, 0.2) is 5.13 Å². The third kappa shape index (κ3) is 2.64. The first-order valence-corrected chi connectivity index (χ1v) is 8.63. The fourth-order valence-electron chi connectivity index (χ4n) is 3.04. The number of methoxy groups -OCH3 is 1. The van der Waals surface area contributed by atoms with Gasteiger partial charge in [-0.1, -0.05) is 17.4 Å². The minimum atomic E-state index is 0.0852. The fourth-order valence-corrected chi connectivity index (χ4v) is 4.05. The minimum Gasteiger partial charge on any atom is -0.494 e. The quantitative estimate of drug-likeness (QED) is 0.854. The molecule has 7 heteroatoms. The number of fused-ring (bicyclic) bond motifs is 1. The summed E-state index contributed by atoms with van der Waals surface area (Å²) in [6, 6.07) is 5.95. The first-order chi connectivity index (χ1) is 11.3. The van der Waals surface area contributed by atoms with Gasteiger partial charge in [0, 0.05) is 26.2 Å². The number of benzene rings is 1. The molecule has 2 saturated heterocycles. The molecule has 0 aliphatic carbocycles. The highest BCUT2D eigenvalue weighted by Gasteiger charge is 2.37. The number of amides is 1. The smallest absolute Gasteiger partial charge is 0.229 e. The van der Waals surface area contributed by atoms with E-state index in [2.05, 4.69) is 16.0 Å². The van der Waals surface area contributed by atoms with Gasteiger partial charge in [-0.05, 0) is 12.1 Å². The van der Waals surface area contributed by atoms with Crippen LogP contribution in [0.1, 0.15) is 0 Å². The largest absolute Gasteiger partial charge is 0.494 e. The number of ether oxygens (including phenoxy) is 2. The summed E-state index contributed by atoms with van der Waals surface area (Å²) in [5.74, 6) is 1.14. The molecular formula is C16H19N3O3S. The molecule has 0 spiro atoms. The van der Waals surface area contributed by atoms with Crippen molar-refractivity contribution in [3.63, 3.8) is 0 Å². The predicted molar refractivity (Wildman–Crippen MR) is 89.3 cm³/mol. The van der Waals surface area contributed by atoms with Gasteiger partial charge in [0.1, 0.15) is 11.3 Å². The summed E-state index contributed by atoms with van der Waals surface area (Å²) >= 11 is 1.65. The molecule has 1 aromatic carbocycles. The third-order valence-electron chi connectivity index (χ3n) is 4.41. The molecule has 2 aliphatic heterocycles. The highest BCUT2D eigenvalue weighted by Crippen LogP contribution is 2.36. The molecule has 0 atom stereocenters. The van der Waals surface area contributed by atoms with Crippen LogP contribution >= 0.6 is 11.3 Å². The Labute approximate surface area is 138 Å². The molecule has 0 unspecified atom stereocenters. The number of hydrogen-bond acceptors (Lipinski definition) is 6. The summed E-state index contributed by atoms with van der Waals surface area (Å²) in [6.07, 6.45) is 0. The van der Waals surface area contributed by atoms with E-state index < -0.39 is 0 Å². The van der Waals surface area contributed by atoms with Crippen LogP contribution in [0.4, 0.5) is 5.13 Å². The molecule has 122 valence electrons. The van der Waals surface area contributed by atoms with Crippen LogP contribution in [0.25, 0.3) is 10.2 Å². The van der Waals surface area contributed by atoms with Crippen LogP contribution in [0, 0.1) is 5.92 Å². The molecule has 1 amide bonds. The topological polar surface area (TPSA) is 54.9 Å². The zero-order valence-electron chi connectivity index (χ0n) is 13.0. The maximum Gasteiger partial charge on any atom is 0.229 e. The van der Waals surface area contributed by atoms with Crippen molar-refractivity contribution in [1.82, 2.24) is 9.88 Å². The second-order valence-electron chi connectivity index (χ2n) is 5.84. The third-order valence-corrected chi connectivity index (χ3v) is 5.50. The van der Waals surface area contributed by atoms with Crippen molar-refractivity contribution >= 4 is 32.6 Å². The maximum absolute atomic E-state index is 12.4. The molecule has 3 heterocycles. The molecule has 0 radical (unpaired) electrons. The predicted octanol–water partition coefficient (Wildman–Crippen LogP) is 1.60. The summed E-state index contributed by atoms with van der Waals surface area (Å²) in [7, 11) is 1.66. The second kappa shape index (κ2) is 5.98. The van der Waals surface area contributed by atoms with Crippen LogP contribution in [0.3, 0.4) is 0 Å². The van der Waals surface area contributed by atoms with E-state index in [4.69, 9.17) is 9.47 Å². The lowest BCUT2D eigenvalue weighted by molar-refractivity contribution is -0.140. The van der Waals surface area contributed by atoms with Gasteiger partial charge in [-0.3, -0.25) is 4.79 Å². The SMILES string of the molecule is COc1cccc2sc(N3CC(C(=O)N4CCOCC4)C3)nc12. The van der Waals surface area contributed by atoms with Gasteiger partial charge in [0.25, 0.3) is 0 Å². The summed E-state index contributed by atoms with van der Waals surface area (Å²) < 4.78 is 11.8. The van der Waals surface area contributed by atoms with E-state index >= 15 is 0 Å². The molecule has 0 N–H and O–H groups in total. The highest BCUT2D eigenvalue weighted by molar-refractivity contribution is 7.22. The molecule has 6 nitrogen and oxygen atoms in total. The lowest BCUT2D eigenvalue weighted by Crippen LogP contribution is -2.56. The van der Waals surface area contributed by atoms with Crippen molar-refractivity contribution in [2.24, 2.45) is 5.92 Å². The van der Waals surface area contributed by atoms with E-state index in [-0.39, 0.29) is 11.8 Å². The Morgan fingerprint density at radius 3 is 2.87 bits per heavy atom. The lowest BCUT2D eigenvalue weighted by Gasteiger charge is -2.41. The number of anilines is 1. The first kappa shape index (κ1) is 14.7. The molecule has 4 rings (SSSR count). The van der Waals surface area contributed by atoms with Gasteiger partial charge in [-0.25, -0.2) is 4.98 Å². The van der Waals surface area contributed by atoms with Crippen molar-refractivity contribution < 1.29 is 14.3 Å². The average Bonchev–Trinajstić information content (AvgIpc) is 2.97. The number of morpholine rings is 1.